The van der Waals surface area contributed by atoms with E-state index in [4.69, 9.17) is 9.47 Å². The average Bonchev–Trinajstić information content (AvgIpc) is 2.61. The van der Waals surface area contributed by atoms with Gasteiger partial charge in [-0.05, 0) is 31.4 Å². The molecule has 6 heteroatoms. The lowest BCUT2D eigenvalue weighted by molar-refractivity contribution is -0.139. The van der Waals surface area contributed by atoms with Gasteiger partial charge in [-0.3, -0.25) is 4.79 Å². The number of nitrogens with zero attached hydrogens (tertiary/aromatic N) is 2. The minimum Gasteiger partial charge on any atom is -0.481 e. The number of piperazine rings is 1. The van der Waals surface area contributed by atoms with Crippen molar-refractivity contribution >= 4 is 12.0 Å². The number of hydrogen-bond donors (Lipinski definition) is 0. The Bertz CT molecular complexity index is 595. The van der Waals surface area contributed by atoms with Gasteiger partial charge in [-0.25, -0.2) is 4.79 Å². The summed E-state index contributed by atoms with van der Waals surface area (Å²) in [6.45, 7) is 10.1. The van der Waals surface area contributed by atoms with E-state index in [2.05, 4.69) is 13.8 Å². The second kappa shape index (κ2) is 8.74. The van der Waals surface area contributed by atoms with E-state index in [1.165, 1.54) is 0 Å². The summed E-state index contributed by atoms with van der Waals surface area (Å²) in [5, 5.41) is 0. The van der Waals surface area contributed by atoms with Crippen molar-refractivity contribution < 1.29 is 19.1 Å². The molecule has 0 spiro atoms. The predicted molar refractivity (Wildman–Crippen MR) is 95.8 cm³/mol. The summed E-state index contributed by atoms with van der Waals surface area (Å²) in [7, 11) is 0. The molecule has 6 nitrogen and oxygen atoms in total. The van der Waals surface area contributed by atoms with Crippen molar-refractivity contribution in [3.63, 3.8) is 0 Å². The Morgan fingerprint density at radius 3 is 2.24 bits per heavy atom. The number of carbonyl (C=O) groups excluding carboxylic acids is 2. The van der Waals surface area contributed by atoms with Crippen LogP contribution in [0.25, 0.3) is 0 Å². The third-order valence-corrected chi connectivity index (χ3v) is 4.31. The lowest BCUT2D eigenvalue weighted by atomic mass is 10.0. The molecule has 0 N–H and O–H groups in total. The fraction of sp³-hybridized carbons (Fsp3) is 0.579. The molecule has 2 rings (SSSR count). The van der Waals surface area contributed by atoms with Gasteiger partial charge in [-0.1, -0.05) is 32.0 Å². The van der Waals surface area contributed by atoms with Crippen LogP contribution < -0.4 is 4.74 Å². The van der Waals surface area contributed by atoms with Crippen LogP contribution in [0.1, 0.15) is 39.2 Å². The zero-order valence-corrected chi connectivity index (χ0v) is 15.5. The van der Waals surface area contributed by atoms with E-state index in [0.717, 1.165) is 11.3 Å². The van der Waals surface area contributed by atoms with Crippen LogP contribution in [-0.4, -0.2) is 60.7 Å². The molecule has 1 heterocycles. The van der Waals surface area contributed by atoms with Gasteiger partial charge >= 0.3 is 6.09 Å². The molecule has 0 bridgehead atoms. The highest BCUT2D eigenvalue weighted by Gasteiger charge is 2.28. The van der Waals surface area contributed by atoms with Crippen LogP contribution in [0.4, 0.5) is 4.79 Å². The highest BCUT2D eigenvalue weighted by molar-refractivity contribution is 5.81. The van der Waals surface area contributed by atoms with E-state index in [9.17, 15) is 9.59 Å². The van der Waals surface area contributed by atoms with Crippen molar-refractivity contribution in [2.24, 2.45) is 0 Å². The second-order valence-electron chi connectivity index (χ2n) is 6.46. The van der Waals surface area contributed by atoms with Crippen LogP contribution in [0.2, 0.25) is 0 Å². The minimum atomic E-state index is -0.561. The Morgan fingerprint density at radius 1 is 1.04 bits per heavy atom. The number of benzene rings is 1. The van der Waals surface area contributed by atoms with Crippen molar-refractivity contribution in [3.8, 4) is 5.75 Å². The molecule has 1 aromatic rings. The van der Waals surface area contributed by atoms with Gasteiger partial charge in [0.05, 0.1) is 6.61 Å². The molecule has 1 unspecified atom stereocenters. The molecule has 0 radical (unpaired) electrons. The van der Waals surface area contributed by atoms with Crippen LogP contribution >= 0.6 is 0 Å². The molecule has 1 atom stereocenters. The number of para-hydroxylation sites is 1. The van der Waals surface area contributed by atoms with E-state index in [0.29, 0.717) is 38.7 Å². The van der Waals surface area contributed by atoms with Gasteiger partial charge in [0, 0.05) is 26.2 Å². The summed E-state index contributed by atoms with van der Waals surface area (Å²) >= 11 is 0. The standard InChI is InChI=1S/C19H28N2O4/c1-5-24-19(23)21-12-10-20(11-13-21)18(22)15(4)25-17-9-7-6-8-16(17)14(2)3/h6-9,14-15H,5,10-13H2,1-4H3. The summed E-state index contributed by atoms with van der Waals surface area (Å²) in [6, 6.07) is 7.81. The predicted octanol–water partition coefficient (Wildman–Crippen LogP) is 2.88. The Kier molecular flexibility index (Phi) is 6.67. The number of hydrogen-bond acceptors (Lipinski definition) is 4. The first-order valence-corrected chi connectivity index (χ1v) is 8.90. The lowest BCUT2D eigenvalue weighted by Gasteiger charge is -2.35. The highest BCUT2D eigenvalue weighted by atomic mass is 16.6. The van der Waals surface area contributed by atoms with E-state index in [-0.39, 0.29) is 12.0 Å². The molecule has 1 fully saturated rings. The molecule has 1 aromatic carbocycles. The molecule has 1 saturated heterocycles. The van der Waals surface area contributed by atoms with Crippen LogP contribution in [0.15, 0.2) is 24.3 Å². The van der Waals surface area contributed by atoms with Gasteiger partial charge in [0.2, 0.25) is 0 Å². The first kappa shape index (κ1) is 19.1. The molecule has 0 aliphatic carbocycles. The average molecular weight is 348 g/mol. The van der Waals surface area contributed by atoms with E-state index >= 15 is 0 Å². The third kappa shape index (κ3) is 4.87. The van der Waals surface area contributed by atoms with Crippen LogP contribution in [0, 0.1) is 0 Å². The molecule has 1 aliphatic rings. The lowest BCUT2D eigenvalue weighted by Crippen LogP contribution is -2.53. The smallest absolute Gasteiger partial charge is 0.409 e. The van der Waals surface area contributed by atoms with E-state index in [1.54, 1.807) is 23.6 Å². The summed E-state index contributed by atoms with van der Waals surface area (Å²) in [5.74, 6) is 1.03. The van der Waals surface area contributed by atoms with Crippen molar-refractivity contribution in [3.05, 3.63) is 29.8 Å². The summed E-state index contributed by atoms with van der Waals surface area (Å²) in [5.41, 5.74) is 1.09. The molecular weight excluding hydrogens is 320 g/mol. The largest absolute Gasteiger partial charge is 0.481 e. The fourth-order valence-electron chi connectivity index (χ4n) is 2.89. The van der Waals surface area contributed by atoms with Crippen molar-refractivity contribution in [2.45, 2.75) is 39.7 Å². The molecule has 0 saturated carbocycles. The molecular formula is C19H28N2O4. The monoisotopic (exact) mass is 348 g/mol. The maximum Gasteiger partial charge on any atom is 0.409 e. The number of ether oxygens (including phenoxy) is 2. The number of carbonyl (C=O) groups is 2. The van der Waals surface area contributed by atoms with Crippen LogP contribution in [0.5, 0.6) is 5.75 Å². The molecule has 0 aromatic heterocycles. The SMILES string of the molecule is CCOC(=O)N1CCN(C(=O)C(C)Oc2ccccc2C(C)C)CC1. The van der Waals surface area contributed by atoms with Crippen molar-refractivity contribution in [2.75, 3.05) is 32.8 Å². The Balaban J connectivity index is 1.92. The minimum absolute atomic E-state index is 0.0536. The van der Waals surface area contributed by atoms with Crippen molar-refractivity contribution in [1.29, 1.82) is 0 Å². The number of rotatable bonds is 5. The first-order chi connectivity index (χ1) is 11.9. The summed E-state index contributed by atoms with van der Waals surface area (Å²) in [4.78, 5) is 27.8. The maximum absolute atomic E-state index is 12.7. The first-order valence-electron chi connectivity index (χ1n) is 8.90. The maximum atomic E-state index is 12.7. The van der Waals surface area contributed by atoms with Gasteiger partial charge < -0.3 is 19.3 Å². The Morgan fingerprint density at radius 2 is 1.64 bits per heavy atom. The van der Waals surface area contributed by atoms with Crippen LogP contribution in [-0.2, 0) is 9.53 Å². The molecule has 25 heavy (non-hydrogen) atoms. The third-order valence-electron chi connectivity index (χ3n) is 4.31. The zero-order chi connectivity index (χ0) is 18.4. The summed E-state index contributed by atoms with van der Waals surface area (Å²) < 4.78 is 10.9. The Labute approximate surface area is 149 Å². The number of amides is 2. The zero-order valence-electron chi connectivity index (χ0n) is 15.5. The summed E-state index contributed by atoms with van der Waals surface area (Å²) in [6.07, 6.45) is -0.876. The quantitative estimate of drug-likeness (QED) is 0.821. The molecule has 2 amide bonds. The Hall–Kier alpha value is -2.24. The van der Waals surface area contributed by atoms with Crippen LogP contribution in [0.3, 0.4) is 0 Å². The fourth-order valence-corrected chi connectivity index (χ4v) is 2.89. The van der Waals surface area contributed by atoms with Gasteiger partial charge in [-0.15, -0.1) is 0 Å². The van der Waals surface area contributed by atoms with Gasteiger partial charge in [0.1, 0.15) is 5.75 Å². The molecule has 138 valence electrons. The van der Waals surface area contributed by atoms with E-state index in [1.807, 2.05) is 24.3 Å². The second-order valence-corrected chi connectivity index (χ2v) is 6.46. The van der Waals surface area contributed by atoms with Gasteiger partial charge in [0.25, 0.3) is 5.91 Å². The van der Waals surface area contributed by atoms with Gasteiger partial charge in [0.15, 0.2) is 6.10 Å². The normalized spacial score (nSPS) is 15.9. The van der Waals surface area contributed by atoms with Crippen molar-refractivity contribution in [1.82, 2.24) is 9.80 Å². The molecule has 1 aliphatic heterocycles. The topological polar surface area (TPSA) is 59.1 Å². The van der Waals surface area contributed by atoms with E-state index < -0.39 is 6.10 Å². The van der Waals surface area contributed by atoms with Gasteiger partial charge in [-0.2, -0.15) is 0 Å². The highest BCUT2D eigenvalue weighted by Crippen LogP contribution is 2.27.